The van der Waals surface area contributed by atoms with E-state index >= 15 is 0 Å². The molecule has 6 aromatic heterocycles. The predicted octanol–water partition coefficient (Wildman–Crippen LogP) is 7.19. The number of thiophene rings is 2. The van der Waals surface area contributed by atoms with Crippen molar-refractivity contribution in [3.05, 3.63) is 196 Å². The lowest BCUT2D eigenvalue weighted by Crippen LogP contribution is -2.40. The van der Waals surface area contributed by atoms with Gasteiger partial charge in [0.05, 0.1) is 71.0 Å². The van der Waals surface area contributed by atoms with Crippen molar-refractivity contribution in [2.24, 2.45) is 9.98 Å². The molecule has 0 bridgehead atoms. The third kappa shape index (κ3) is 14.5. The van der Waals surface area contributed by atoms with Crippen LogP contribution < -0.4 is 48.5 Å². The summed E-state index contributed by atoms with van der Waals surface area (Å²) in [7, 11) is 11.5. The van der Waals surface area contributed by atoms with Crippen LogP contribution in [0.2, 0.25) is 0 Å². The maximum Gasteiger partial charge on any atom is 0.343 e. The second kappa shape index (κ2) is 29.4. The highest BCUT2D eigenvalue weighted by Crippen LogP contribution is 2.40. The number of rotatable bonds is 16. The third-order valence-electron chi connectivity index (χ3n) is 14.6. The minimum atomic E-state index is -0.850. The molecule has 32 heteroatoms. The highest BCUT2D eigenvalue weighted by molar-refractivity contribution is 7.22. The normalized spacial score (nSPS) is 12.6. The lowest BCUT2D eigenvalue weighted by Gasteiger charge is -2.18. The van der Waals surface area contributed by atoms with Gasteiger partial charge in [0.1, 0.15) is 32.9 Å². The first kappa shape index (κ1) is 67.1. The minimum absolute atomic E-state index is 0.0162. The molecule has 0 saturated heterocycles. The van der Waals surface area contributed by atoms with Crippen LogP contribution in [0.4, 0.5) is 38.5 Å². The molecule has 2 aliphatic heterocycles. The molecule has 95 heavy (non-hydrogen) atoms. The number of hydrogen-bond acceptors (Lipinski definition) is 20. The standard InChI is InChI=1S/C29H27F2N7O5S.C27H24F2N6O3S.C7H10N4O/c1-36(2)14-19-24-26(39)38(22-12-13-23(42-3)34-33-22)29(41)37(15-18-20(30)6-5-7-21(18)31)27(24)44-25(19)16-8-10-17(11-9-16)32-28(40)35-43-4;1-33(2)13-18-23-25(36)35(21-11-12-22(38-3)32-31-21)27(37)34(14-17-19(28)5-4-6-20(17)29)26(23)39-24(18)15-7-9-16(30)10-8-15;12-7(10-3-1-8-5-10)11-4-2-9-6-11/h5-13H,14-15H2,1-4H3,(H2,32,35,40);4-12H,13-14,30H2,1-3H3;5-6H,1-4H2. The summed E-state index contributed by atoms with van der Waals surface area (Å²) in [6.45, 7) is 2.55. The number of urea groups is 2. The van der Waals surface area contributed by atoms with Crippen LogP contribution in [-0.4, -0.2) is 159 Å². The molecule has 4 N–H and O–H groups in total. The summed E-state index contributed by atoms with van der Waals surface area (Å²) < 4.78 is 73.4. The van der Waals surface area contributed by atoms with Gasteiger partial charge in [-0.2, -0.15) is 0 Å². The van der Waals surface area contributed by atoms with Crippen molar-refractivity contribution in [1.82, 2.24) is 63.7 Å². The molecular weight excluding hydrogens is 1280 g/mol. The maximum absolute atomic E-state index is 14.8. The fourth-order valence-electron chi connectivity index (χ4n) is 10.2. The molecule has 26 nitrogen and oxygen atoms in total. The van der Waals surface area contributed by atoms with Gasteiger partial charge >= 0.3 is 23.4 Å². The molecule has 0 radical (unpaired) electrons. The Morgan fingerprint density at radius 2 is 0.968 bits per heavy atom. The molecular formula is C63H61F4N17O9S2. The van der Waals surface area contributed by atoms with Gasteiger partial charge < -0.3 is 30.3 Å². The third-order valence-corrected chi connectivity index (χ3v) is 17.2. The number of hydrogen-bond donors (Lipinski definition) is 3. The fraction of sp³-hybridized carbons (Fsp3) is 0.238. The topological polar surface area (TPSA) is 289 Å². The Kier molecular flexibility index (Phi) is 20.8. The summed E-state index contributed by atoms with van der Waals surface area (Å²) in [5.74, 6) is -3.06. The van der Waals surface area contributed by atoms with E-state index in [0.717, 1.165) is 68.3 Å². The van der Waals surface area contributed by atoms with Gasteiger partial charge in [0.25, 0.3) is 11.1 Å². The number of amides is 4. The number of carbonyl (C=O) groups is 2. The SMILES string of the molecule is CONC(=O)Nc1ccc(-c2sc3c(c2CN(C)C)c(=O)n(-c2ccc(OC)nn2)c(=O)n3Cc2c(F)cccc2F)cc1.COc1ccc(-n2c(=O)c3c(CN(C)C)c(-c4ccc(N)cc4)sc3n(Cc3c(F)cccc3F)c2=O)nn1.O=C(N1C=NCC1)N1C=NCC1. The molecule has 2 aliphatic rings. The number of anilines is 2. The van der Waals surface area contributed by atoms with Crippen LogP contribution in [0, 0.1) is 23.3 Å². The smallest absolute Gasteiger partial charge is 0.343 e. The number of fused-ring (bicyclic) bond motifs is 2. The van der Waals surface area contributed by atoms with E-state index in [1.807, 2.05) is 50.1 Å². The van der Waals surface area contributed by atoms with Crippen LogP contribution >= 0.6 is 22.7 Å². The Morgan fingerprint density at radius 3 is 1.32 bits per heavy atom. The number of nitrogens with two attached hydrogens (primary N) is 1. The van der Waals surface area contributed by atoms with Gasteiger partial charge in [-0.15, -0.1) is 43.1 Å². The lowest BCUT2D eigenvalue weighted by atomic mass is 10.1. The molecule has 12 rings (SSSR count). The summed E-state index contributed by atoms with van der Waals surface area (Å²) in [5.41, 5.74) is 8.25. The summed E-state index contributed by atoms with van der Waals surface area (Å²) in [6, 6.07) is 26.1. The van der Waals surface area contributed by atoms with Gasteiger partial charge in [0, 0.05) is 70.6 Å². The highest BCUT2D eigenvalue weighted by atomic mass is 32.1. The maximum atomic E-state index is 14.8. The van der Waals surface area contributed by atoms with Crippen LogP contribution in [0.5, 0.6) is 11.8 Å². The lowest BCUT2D eigenvalue weighted by molar-refractivity contribution is 0.114. The number of hydroxylamine groups is 1. The molecule has 0 spiro atoms. The quantitative estimate of drug-likeness (QED) is 0.0490. The molecule has 0 aliphatic carbocycles. The molecule has 492 valence electrons. The Balaban J connectivity index is 0.000000176. The highest BCUT2D eigenvalue weighted by Gasteiger charge is 2.29. The number of nitrogen functional groups attached to an aromatic ring is 1. The molecule has 0 saturated carbocycles. The summed E-state index contributed by atoms with van der Waals surface area (Å²) in [6.07, 6.45) is 3.18. The average molecular weight is 1340 g/mol. The Labute approximate surface area is 545 Å². The Morgan fingerprint density at radius 1 is 0.558 bits per heavy atom. The summed E-state index contributed by atoms with van der Waals surface area (Å²) in [5, 5.41) is 18.8. The van der Waals surface area contributed by atoms with Crippen LogP contribution in [0.1, 0.15) is 22.3 Å². The second-order valence-electron chi connectivity index (χ2n) is 21.6. The number of carbonyl (C=O) groups excluding carboxylic acids is 2. The molecule has 4 amide bonds. The number of halogens is 4. The van der Waals surface area contributed by atoms with Crippen molar-refractivity contribution in [1.29, 1.82) is 0 Å². The number of nitrogens with zero attached hydrogens (tertiary/aromatic N) is 14. The monoisotopic (exact) mass is 1340 g/mol. The van der Waals surface area contributed by atoms with Crippen molar-refractivity contribution in [2.45, 2.75) is 26.2 Å². The van der Waals surface area contributed by atoms with Crippen LogP contribution in [0.25, 0.3) is 53.0 Å². The van der Waals surface area contributed by atoms with Crippen molar-refractivity contribution < 1.29 is 41.5 Å². The van der Waals surface area contributed by atoms with E-state index in [4.69, 9.17) is 15.2 Å². The molecule has 4 aromatic carbocycles. The fourth-order valence-corrected chi connectivity index (χ4v) is 12.8. The van der Waals surface area contributed by atoms with Gasteiger partial charge in [0.2, 0.25) is 11.8 Å². The van der Waals surface area contributed by atoms with Gasteiger partial charge in [-0.05, 0) is 111 Å². The van der Waals surface area contributed by atoms with E-state index in [-0.39, 0.29) is 61.0 Å². The zero-order valence-electron chi connectivity index (χ0n) is 52.0. The van der Waals surface area contributed by atoms with Gasteiger partial charge in [-0.3, -0.25) is 43.3 Å². The number of methoxy groups -OCH3 is 2. The molecule has 0 atom stereocenters. The molecule has 0 unspecified atom stereocenters. The number of benzene rings is 4. The average Bonchev–Trinajstić information content (AvgIpc) is 1.63. The zero-order valence-corrected chi connectivity index (χ0v) is 53.7. The van der Waals surface area contributed by atoms with E-state index in [2.05, 4.69) is 46.0 Å². The van der Waals surface area contributed by atoms with Crippen molar-refractivity contribution in [3.63, 3.8) is 0 Å². The van der Waals surface area contributed by atoms with Crippen LogP contribution in [0.15, 0.2) is 138 Å². The molecule has 10 aromatic rings. The summed E-state index contributed by atoms with van der Waals surface area (Å²) in [4.78, 5) is 101. The van der Waals surface area contributed by atoms with Crippen molar-refractivity contribution >= 4 is 79.2 Å². The number of nitrogens with one attached hydrogen (secondary N) is 2. The van der Waals surface area contributed by atoms with Crippen LogP contribution in [0.3, 0.4) is 0 Å². The number of ether oxygens (including phenoxy) is 2. The number of aliphatic imine (C=N–C) groups is 2. The molecule has 0 fully saturated rings. The van der Waals surface area contributed by atoms with E-state index in [1.54, 1.807) is 58.9 Å². The Hall–Kier alpha value is -10.8. The van der Waals surface area contributed by atoms with E-state index < -0.39 is 64.9 Å². The first-order valence-corrected chi connectivity index (χ1v) is 30.5. The van der Waals surface area contributed by atoms with E-state index in [0.29, 0.717) is 59.1 Å². The Bertz CT molecular complexity index is 4740. The van der Waals surface area contributed by atoms with Crippen molar-refractivity contribution in [3.8, 4) is 44.3 Å². The first-order chi connectivity index (χ1) is 45.7. The van der Waals surface area contributed by atoms with E-state index in [1.165, 1.54) is 78.2 Å². The predicted molar refractivity (Wildman–Crippen MR) is 353 cm³/mol. The minimum Gasteiger partial charge on any atom is -0.480 e. The summed E-state index contributed by atoms with van der Waals surface area (Å²) >= 11 is 2.35. The van der Waals surface area contributed by atoms with E-state index in [9.17, 15) is 46.3 Å². The number of aromatic nitrogens is 8. The van der Waals surface area contributed by atoms with Gasteiger partial charge in [-0.25, -0.2) is 51.4 Å². The van der Waals surface area contributed by atoms with Crippen molar-refractivity contribution in [2.75, 3.05) is 86.7 Å². The largest absolute Gasteiger partial charge is 0.480 e. The first-order valence-electron chi connectivity index (χ1n) is 28.9. The second-order valence-corrected chi connectivity index (χ2v) is 23.6. The molecule has 8 heterocycles. The zero-order chi connectivity index (χ0) is 67.8. The van der Waals surface area contributed by atoms with Crippen LogP contribution in [-0.2, 0) is 31.0 Å². The van der Waals surface area contributed by atoms with Gasteiger partial charge in [-0.1, -0.05) is 36.4 Å². The van der Waals surface area contributed by atoms with Gasteiger partial charge in [0.15, 0.2) is 11.6 Å².